The van der Waals surface area contributed by atoms with Gasteiger partial charge in [0.15, 0.2) is 0 Å². The highest BCUT2D eigenvalue weighted by Gasteiger charge is 2.72. The van der Waals surface area contributed by atoms with Crippen molar-refractivity contribution in [3.63, 3.8) is 0 Å². The zero-order valence-corrected chi connectivity index (χ0v) is 24.3. The van der Waals surface area contributed by atoms with Crippen molar-refractivity contribution >= 4 is 24.8 Å². The van der Waals surface area contributed by atoms with Gasteiger partial charge in [-0.15, -0.1) is 0 Å². The van der Waals surface area contributed by atoms with Gasteiger partial charge in [-0.1, -0.05) is 20.8 Å². The topological polar surface area (TPSA) is 138 Å². The van der Waals surface area contributed by atoms with E-state index in [0.717, 1.165) is 12.8 Å². The largest absolute Gasteiger partial charge is 0.460 e. The highest BCUT2D eigenvalue weighted by Crippen LogP contribution is 2.71. The van der Waals surface area contributed by atoms with Crippen LogP contribution in [0.5, 0.6) is 0 Å². The van der Waals surface area contributed by atoms with E-state index in [2.05, 4.69) is 13.8 Å². The molecule has 0 radical (unpaired) electrons. The van der Waals surface area contributed by atoms with Crippen LogP contribution in [0.15, 0.2) is 0 Å². The first kappa shape index (κ1) is 30.3. The van der Waals surface area contributed by atoms with E-state index in [1.54, 1.807) is 0 Å². The molecular formula is C31H48O8. The fourth-order valence-corrected chi connectivity index (χ4v) is 10.1. The summed E-state index contributed by atoms with van der Waals surface area (Å²) in [7, 11) is 0. The van der Waals surface area contributed by atoms with Crippen molar-refractivity contribution in [1.29, 1.82) is 0 Å². The Kier molecular flexibility index (Phi) is 8.03. The molecule has 0 saturated heterocycles. The minimum absolute atomic E-state index is 0.0365. The summed E-state index contributed by atoms with van der Waals surface area (Å²) >= 11 is 0. The fraction of sp³-hybridized carbons (Fsp3) is 0.871. The second kappa shape index (κ2) is 10.3. The maximum absolute atomic E-state index is 12.7. The molecule has 0 aromatic heterocycles. The second-order valence-corrected chi connectivity index (χ2v) is 14.6. The second-order valence-electron chi connectivity index (χ2n) is 14.6. The maximum Gasteiger partial charge on any atom is 0.306 e. The lowest BCUT2D eigenvalue weighted by Gasteiger charge is -2.67. The molecule has 3 N–H and O–H groups in total. The number of aldehydes is 3. The van der Waals surface area contributed by atoms with Crippen LogP contribution in [0.4, 0.5) is 0 Å². The van der Waals surface area contributed by atoms with Gasteiger partial charge in [0.2, 0.25) is 0 Å². The quantitative estimate of drug-likeness (QED) is 0.251. The molecule has 8 nitrogen and oxygen atoms in total. The monoisotopic (exact) mass is 548 g/mol. The molecule has 0 amide bonds. The first-order chi connectivity index (χ1) is 18.1. The summed E-state index contributed by atoms with van der Waals surface area (Å²) in [5.41, 5.74) is -3.73. The molecule has 4 fully saturated rings. The molecule has 220 valence electrons. The molecule has 0 bridgehead atoms. The van der Waals surface area contributed by atoms with E-state index in [1.807, 2.05) is 27.7 Å². The van der Waals surface area contributed by atoms with Crippen LogP contribution in [0.25, 0.3) is 0 Å². The van der Waals surface area contributed by atoms with Crippen LogP contribution >= 0.6 is 0 Å². The van der Waals surface area contributed by atoms with Crippen LogP contribution in [-0.2, 0) is 23.9 Å². The molecular weight excluding hydrogens is 500 g/mol. The predicted molar refractivity (Wildman–Crippen MR) is 143 cm³/mol. The number of esters is 1. The summed E-state index contributed by atoms with van der Waals surface area (Å²) in [6, 6.07) is 0. The highest BCUT2D eigenvalue weighted by molar-refractivity contribution is 5.90. The van der Waals surface area contributed by atoms with E-state index in [4.69, 9.17) is 4.74 Å². The average molecular weight is 549 g/mol. The average Bonchev–Trinajstić information content (AvgIpc) is 3.21. The van der Waals surface area contributed by atoms with Crippen molar-refractivity contribution in [1.82, 2.24) is 0 Å². The summed E-state index contributed by atoms with van der Waals surface area (Å²) in [5.74, 6) is -2.08. The van der Waals surface area contributed by atoms with E-state index >= 15 is 0 Å². The summed E-state index contributed by atoms with van der Waals surface area (Å²) in [6.07, 6.45) is 2.54. The van der Waals surface area contributed by atoms with E-state index in [1.165, 1.54) is 0 Å². The van der Waals surface area contributed by atoms with Gasteiger partial charge in [-0.25, -0.2) is 0 Å². The van der Waals surface area contributed by atoms with Gasteiger partial charge in [0, 0.05) is 6.42 Å². The van der Waals surface area contributed by atoms with Crippen LogP contribution in [0, 0.1) is 57.7 Å². The standard InChI is InChI=1S/C31H48O8/c1-17(7-10-26(38)39-28(2,3)4)19-8-9-20-27-21(13-25(37)29(19,20)5)30(6)18(12-24(27)36)11-23(35)22(14-32)31(30,15-33)16-34/h14-25,27,35-37H,7-13H2,1-6H3/t17-,18+,19-,20+,21+,22?,23+,24-,25+,27+,29-,30+/m1/s1. The zero-order chi connectivity index (χ0) is 29.1. The van der Waals surface area contributed by atoms with Crippen LogP contribution < -0.4 is 0 Å². The minimum Gasteiger partial charge on any atom is -0.460 e. The van der Waals surface area contributed by atoms with E-state index in [9.17, 15) is 34.5 Å². The van der Waals surface area contributed by atoms with Crippen molar-refractivity contribution in [2.45, 2.75) is 110 Å². The van der Waals surface area contributed by atoms with Crippen LogP contribution in [-0.4, -0.2) is 64.1 Å². The lowest BCUT2D eigenvalue weighted by Crippen LogP contribution is -2.70. The van der Waals surface area contributed by atoms with E-state index in [0.29, 0.717) is 44.5 Å². The van der Waals surface area contributed by atoms with Crippen molar-refractivity contribution < 1.29 is 39.2 Å². The van der Waals surface area contributed by atoms with E-state index < -0.39 is 46.1 Å². The number of fused-ring (bicyclic) bond motifs is 5. The van der Waals surface area contributed by atoms with E-state index in [-0.39, 0.29) is 47.9 Å². The highest BCUT2D eigenvalue weighted by atomic mass is 16.6. The van der Waals surface area contributed by atoms with Gasteiger partial charge in [0.05, 0.1) is 29.6 Å². The molecule has 0 heterocycles. The zero-order valence-electron chi connectivity index (χ0n) is 24.3. The Hall–Kier alpha value is -1.64. The number of hydrogen-bond acceptors (Lipinski definition) is 8. The summed E-state index contributed by atoms with van der Waals surface area (Å²) in [6.45, 7) is 11.6. The summed E-state index contributed by atoms with van der Waals surface area (Å²) in [5, 5.41) is 34.2. The third kappa shape index (κ3) is 4.44. The number of aliphatic hydroxyl groups is 3. The number of rotatable bonds is 7. The Morgan fingerprint density at radius 1 is 0.974 bits per heavy atom. The predicted octanol–water partition coefficient (Wildman–Crippen LogP) is 3.12. The molecule has 0 aromatic rings. The Balaban J connectivity index is 1.65. The smallest absolute Gasteiger partial charge is 0.306 e. The van der Waals surface area contributed by atoms with Crippen molar-refractivity contribution in [3.05, 3.63) is 0 Å². The number of carbonyl (C=O) groups excluding carboxylic acids is 4. The van der Waals surface area contributed by atoms with Gasteiger partial charge in [0.25, 0.3) is 0 Å². The molecule has 4 saturated carbocycles. The van der Waals surface area contributed by atoms with Gasteiger partial charge in [-0.05, 0) is 106 Å². The molecule has 8 heteroatoms. The molecule has 4 aliphatic rings. The molecule has 39 heavy (non-hydrogen) atoms. The molecule has 1 unspecified atom stereocenters. The lowest BCUT2D eigenvalue weighted by molar-refractivity contribution is -0.243. The molecule has 12 atom stereocenters. The normalized spacial score (nSPS) is 45.7. The first-order valence-corrected chi connectivity index (χ1v) is 14.8. The summed E-state index contributed by atoms with van der Waals surface area (Å²) < 4.78 is 5.50. The van der Waals surface area contributed by atoms with Crippen molar-refractivity contribution in [2.75, 3.05) is 0 Å². The Bertz CT molecular complexity index is 964. The third-order valence-electron chi connectivity index (χ3n) is 12.0. The first-order valence-electron chi connectivity index (χ1n) is 14.8. The molecule has 0 aliphatic heterocycles. The molecule has 0 aromatic carbocycles. The van der Waals surface area contributed by atoms with Crippen molar-refractivity contribution in [3.8, 4) is 0 Å². The lowest BCUT2D eigenvalue weighted by atomic mass is 9.36. The fourth-order valence-electron chi connectivity index (χ4n) is 10.1. The molecule has 4 aliphatic carbocycles. The van der Waals surface area contributed by atoms with Crippen LogP contribution in [0.1, 0.15) is 86.5 Å². The number of carbonyl (C=O) groups is 4. The van der Waals surface area contributed by atoms with Gasteiger partial charge >= 0.3 is 5.97 Å². The Labute approximate surface area is 232 Å². The number of ether oxygens (including phenoxy) is 1. The molecule has 0 spiro atoms. The number of aliphatic hydroxyl groups excluding tert-OH is 3. The minimum atomic E-state index is -1.72. The summed E-state index contributed by atoms with van der Waals surface area (Å²) in [4.78, 5) is 49.9. The molecule has 4 rings (SSSR count). The van der Waals surface area contributed by atoms with Gasteiger partial charge in [-0.2, -0.15) is 0 Å². The van der Waals surface area contributed by atoms with Crippen LogP contribution in [0.3, 0.4) is 0 Å². The maximum atomic E-state index is 12.7. The van der Waals surface area contributed by atoms with Gasteiger partial charge in [-0.3, -0.25) is 4.79 Å². The van der Waals surface area contributed by atoms with Gasteiger partial charge < -0.3 is 34.4 Å². The Morgan fingerprint density at radius 3 is 2.15 bits per heavy atom. The Morgan fingerprint density at radius 2 is 1.59 bits per heavy atom. The van der Waals surface area contributed by atoms with Gasteiger partial charge in [0.1, 0.15) is 24.5 Å². The SMILES string of the molecule is C[C@H](CCC(=O)OC(C)(C)C)[C@H]1CC[C@H]2[C@@H]3[C@H](O)C[C@@H]4C[C@H](O)C(C=O)C(C=O)(C=O)[C@]4(C)[C@H]3C[C@H](O)[C@]12C. The number of hydrogen-bond donors (Lipinski definition) is 3. The van der Waals surface area contributed by atoms with Crippen molar-refractivity contribution in [2.24, 2.45) is 57.7 Å². The third-order valence-corrected chi connectivity index (χ3v) is 12.0. The van der Waals surface area contributed by atoms with Crippen LogP contribution in [0.2, 0.25) is 0 Å².